The molecule has 1 aliphatic carbocycles. The van der Waals surface area contributed by atoms with Crippen molar-refractivity contribution in [1.29, 1.82) is 0 Å². The Morgan fingerprint density at radius 3 is 2.41 bits per heavy atom. The van der Waals surface area contributed by atoms with E-state index >= 15 is 0 Å². The van der Waals surface area contributed by atoms with Gasteiger partial charge in [0.25, 0.3) is 0 Å². The van der Waals surface area contributed by atoms with E-state index in [2.05, 4.69) is 43.4 Å². The van der Waals surface area contributed by atoms with Gasteiger partial charge in [0.1, 0.15) is 0 Å². The highest BCUT2D eigenvalue weighted by Gasteiger charge is 2.42. The van der Waals surface area contributed by atoms with Gasteiger partial charge >= 0.3 is 0 Å². The second kappa shape index (κ2) is 4.79. The molecule has 1 unspecified atom stereocenters. The molecule has 0 bridgehead atoms. The fourth-order valence-electron chi connectivity index (χ4n) is 2.90. The van der Waals surface area contributed by atoms with Crippen LogP contribution in [0.1, 0.15) is 38.7 Å². The van der Waals surface area contributed by atoms with Crippen molar-refractivity contribution in [2.75, 3.05) is 6.61 Å². The number of aliphatic hydroxyl groups is 1. The lowest BCUT2D eigenvalue weighted by molar-refractivity contribution is 0.151. The maximum Gasteiger partial charge on any atom is 0.0613 e. The van der Waals surface area contributed by atoms with Gasteiger partial charge in [-0.2, -0.15) is 0 Å². The lowest BCUT2D eigenvalue weighted by Gasteiger charge is -2.30. The van der Waals surface area contributed by atoms with Gasteiger partial charge in [0.05, 0.1) is 6.61 Å². The Kier molecular flexibility index (Phi) is 3.55. The molecule has 0 aliphatic heterocycles. The molecule has 17 heavy (non-hydrogen) atoms. The number of aliphatic hydroxyl groups excluding tert-OH is 1. The minimum Gasteiger partial charge on any atom is -0.394 e. The van der Waals surface area contributed by atoms with E-state index in [-0.39, 0.29) is 12.1 Å². The van der Waals surface area contributed by atoms with E-state index in [1.165, 1.54) is 12.0 Å². The first-order chi connectivity index (χ1) is 8.05. The molecule has 2 heteroatoms. The Bertz CT molecular complexity index is 360. The van der Waals surface area contributed by atoms with Crippen LogP contribution in [0.2, 0.25) is 0 Å². The zero-order chi connectivity index (χ0) is 12.4. The molecule has 94 valence electrons. The van der Waals surface area contributed by atoms with Crippen molar-refractivity contribution >= 4 is 0 Å². The van der Waals surface area contributed by atoms with Crippen LogP contribution in [0.15, 0.2) is 30.3 Å². The van der Waals surface area contributed by atoms with Gasteiger partial charge in [0.2, 0.25) is 0 Å². The normalized spacial score (nSPS) is 27.2. The first-order valence-electron chi connectivity index (χ1n) is 6.45. The van der Waals surface area contributed by atoms with Gasteiger partial charge < -0.3 is 10.4 Å². The van der Waals surface area contributed by atoms with Crippen molar-refractivity contribution in [2.45, 2.75) is 45.2 Å². The highest BCUT2D eigenvalue weighted by molar-refractivity contribution is 5.15. The van der Waals surface area contributed by atoms with E-state index in [1.807, 2.05) is 6.07 Å². The summed E-state index contributed by atoms with van der Waals surface area (Å²) in [5.41, 5.74) is 1.57. The largest absolute Gasteiger partial charge is 0.394 e. The van der Waals surface area contributed by atoms with Gasteiger partial charge in [-0.25, -0.2) is 0 Å². The zero-order valence-electron chi connectivity index (χ0n) is 10.9. The van der Waals surface area contributed by atoms with Crippen LogP contribution in [0.25, 0.3) is 0 Å². The summed E-state index contributed by atoms with van der Waals surface area (Å²) in [4.78, 5) is 0. The van der Waals surface area contributed by atoms with Crippen LogP contribution in [0.3, 0.4) is 0 Å². The van der Waals surface area contributed by atoms with Crippen LogP contribution in [0.5, 0.6) is 0 Å². The lowest BCUT2D eigenvalue weighted by Crippen LogP contribution is -2.46. The Morgan fingerprint density at radius 1 is 1.18 bits per heavy atom. The van der Waals surface area contributed by atoms with Crippen LogP contribution in [-0.2, 0) is 6.54 Å². The first kappa shape index (κ1) is 12.6. The standard InChI is InChI=1S/C15H23NO/c1-14(2)8-9-15(11-14,12-17)16-10-13-6-4-3-5-7-13/h3-7,16-17H,8-12H2,1-2H3. The molecule has 1 saturated carbocycles. The summed E-state index contributed by atoms with van der Waals surface area (Å²) < 4.78 is 0. The SMILES string of the molecule is CC1(C)CCC(CO)(NCc2ccccc2)C1. The third-order valence-electron chi connectivity index (χ3n) is 3.91. The van der Waals surface area contributed by atoms with Gasteiger partial charge in [0, 0.05) is 12.1 Å². The second-order valence-corrected chi connectivity index (χ2v) is 6.12. The van der Waals surface area contributed by atoms with E-state index in [1.54, 1.807) is 0 Å². The van der Waals surface area contributed by atoms with E-state index in [4.69, 9.17) is 0 Å². The molecular weight excluding hydrogens is 210 g/mol. The molecule has 0 heterocycles. The topological polar surface area (TPSA) is 32.3 Å². The van der Waals surface area contributed by atoms with E-state index in [0.29, 0.717) is 5.41 Å². The van der Waals surface area contributed by atoms with Crippen molar-refractivity contribution in [3.8, 4) is 0 Å². The maximum absolute atomic E-state index is 9.66. The maximum atomic E-state index is 9.66. The van der Waals surface area contributed by atoms with Crippen molar-refractivity contribution < 1.29 is 5.11 Å². The third kappa shape index (κ3) is 3.08. The molecule has 0 amide bonds. The van der Waals surface area contributed by atoms with Crippen molar-refractivity contribution in [3.05, 3.63) is 35.9 Å². The van der Waals surface area contributed by atoms with Gasteiger partial charge in [0.15, 0.2) is 0 Å². The molecule has 2 rings (SSSR count). The Labute approximate surface area is 104 Å². The molecule has 1 aliphatic rings. The predicted octanol–water partition coefficient (Wildman–Crippen LogP) is 2.72. The third-order valence-corrected chi connectivity index (χ3v) is 3.91. The Hall–Kier alpha value is -0.860. The summed E-state index contributed by atoms with van der Waals surface area (Å²) in [6.45, 7) is 5.66. The zero-order valence-corrected chi connectivity index (χ0v) is 10.9. The number of hydrogen-bond acceptors (Lipinski definition) is 2. The Balaban J connectivity index is 1.97. The number of benzene rings is 1. The summed E-state index contributed by atoms with van der Waals surface area (Å²) in [7, 11) is 0. The van der Waals surface area contributed by atoms with Crippen molar-refractivity contribution in [1.82, 2.24) is 5.32 Å². The molecule has 1 atom stereocenters. The highest BCUT2D eigenvalue weighted by atomic mass is 16.3. The first-order valence-corrected chi connectivity index (χ1v) is 6.45. The molecule has 0 saturated heterocycles. The smallest absolute Gasteiger partial charge is 0.0613 e. The molecule has 0 spiro atoms. The lowest BCUT2D eigenvalue weighted by atomic mass is 9.88. The van der Waals surface area contributed by atoms with E-state index < -0.39 is 0 Å². The molecule has 0 radical (unpaired) electrons. The van der Waals surface area contributed by atoms with Gasteiger partial charge in [-0.3, -0.25) is 0 Å². The molecule has 1 aromatic rings. The second-order valence-electron chi connectivity index (χ2n) is 6.12. The summed E-state index contributed by atoms with van der Waals surface area (Å²) in [6.07, 6.45) is 3.32. The van der Waals surface area contributed by atoms with E-state index in [0.717, 1.165) is 19.4 Å². The fraction of sp³-hybridized carbons (Fsp3) is 0.600. The number of rotatable bonds is 4. The van der Waals surface area contributed by atoms with E-state index in [9.17, 15) is 5.11 Å². The van der Waals surface area contributed by atoms with Gasteiger partial charge in [-0.05, 0) is 30.2 Å². The highest BCUT2D eigenvalue weighted by Crippen LogP contribution is 2.43. The van der Waals surface area contributed by atoms with Gasteiger partial charge in [-0.15, -0.1) is 0 Å². The van der Waals surface area contributed by atoms with Crippen LogP contribution in [0, 0.1) is 5.41 Å². The molecular formula is C15H23NO. The predicted molar refractivity (Wildman–Crippen MR) is 70.7 cm³/mol. The molecule has 1 aromatic carbocycles. The molecule has 2 nitrogen and oxygen atoms in total. The van der Waals surface area contributed by atoms with Crippen LogP contribution < -0.4 is 5.32 Å². The van der Waals surface area contributed by atoms with Crippen molar-refractivity contribution in [2.24, 2.45) is 5.41 Å². The molecule has 2 N–H and O–H groups in total. The monoisotopic (exact) mass is 233 g/mol. The quantitative estimate of drug-likeness (QED) is 0.838. The number of nitrogens with one attached hydrogen (secondary N) is 1. The average Bonchev–Trinajstić information content (AvgIpc) is 2.65. The average molecular weight is 233 g/mol. The Morgan fingerprint density at radius 2 is 1.88 bits per heavy atom. The van der Waals surface area contributed by atoms with Crippen LogP contribution >= 0.6 is 0 Å². The summed E-state index contributed by atoms with van der Waals surface area (Å²) in [5.74, 6) is 0. The minimum atomic E-state index is -0.0701. The summed E-state index contributed by atoms with van der Waals surface area (Å²) >= 11 is 0. The van der Waals surface area contributed by atoms with Crippen LogP contribution in [-0.4, -0.2) is 17.3 Å². The molecule has 1 fully saturated rings. The fourth-order valence-corrected chi connectivity index (χ4v) is 2.90. The number of hydrogen-bond donors (Lipinski definition) is 2. The minimum absolute atomic E-state index is 0.0701. The van der Waals surface area contributed by atoms with Gasteiger partial charge in [-0.1, -0.05) is 44.2 Å². The molecule has 0 aromatic heterocycles. The summed E-state index contributed by atoms with van der Waals surface area (Å²) in [5, 5.41) is 13.2. The summed E-state index contributed by atoms with van der Waals surface area (Å²) in [6, 6.07) is 10.4. The van der Waals surface area contributed by atoms with Crippen molar-refractivity contribution in [3.63, 3.8) is 0 Å². The van der Waals surface area contributed by atoms with Crippen LogP contribution in [0.4, 0.5) is 0 Å².